The molecule has 3 rings (SSSR count). The molecule has 1 N–H and O–H groups in total. The van der Waals surface area contributed by atoms with Crippen molar-refractivity contribution < 1.29 is 22.7 Å². The van der Waals surface area contributed by atoms with Crippen molar-refractivity contribution >= 4 is 21.6 Å². The molecule has 164 valence electrons. The summed E-state index contributed by atoms with van der Waals surface area (Å²) in [4.78, 5) is 17.0. The van der Waals surface area contributed by atoms with Crippen LogP contribution in [0.5, 0.6) is 11.5 Å². The summed E-state index contributed by atoms with van der Waals surface area (Å²) in [6.45, 7) is 4.37. The second-order valence-electron chi connectivity index (χ2n) is 7.51. The number of nitrogens with one attached hydrogen (secondary N) is 1. The second kappa shape index (κ2) is 9.05. The van der Waals surface area contributed by atoms with Gasteiger partial charge in [-0.3, -0.25) is 4.79 Å². The molecule has 0 saturated carbocycles. The number of ether oxygens (including phenoxy) is 2. The maximum absolute atomic E-state index is 13.0. The fraction of sp³-hybridized carbons (Fsp3) is 0.500. The summed E-state index contributed by atoms with van der Waals surface area (Å²) >= 11 is 0. The van der Waals surface area contributed by atoms with Crippen LogP contribution in [-0.2, 0) is 14.8 Å². The van der Waals surface area contributed by atoms with Crippen LogP contribution >= 0.6 is 0 Å². The molecule has 1 atom stereocenters. The first-order chi connectivity index (χ1) is 14.3. The van der Waals surface area contributed by atoms with E-state index in [1.54, 1.807) is 22.8 Å². The number of benzene rings is 1. The number of amides is 1. The first-order valence-corrected chi connectivity index (χ1v) is 11.3. The van der Waals surface area contributed by atoms with Crippen molar-refractivity contribution in [1.29, 1.82) is 0 Å². The fourth-order valence-electron chi connectivity index (χ4n) is 3.39. The van der Waals surface area contributed by atoms with E-state index in [0.717, 1.165) is 0 Å². The number of anilines is 1. The van der Waals surface area contributed by atoms with Crippen LogP contribution < -0.4 is 14.8 Å². The minimum atomic E-state index is -3.76. The highest BCUT2D eigenvalue weighted by atomic mass is 32.2. The molecule has 30 heavy (non-hydrogen) atoms. The Morgan fingerprint density at radius 1 is 1.27 bits per heavy atom. The summed E-state index contributed by atoms with van der Waals surface area (Å²) < 4.78 is 39.6. The fourth-order valence-corrected chi connectivity index (χ4v) is 4.83. The van der Waals surface area contributed by atoms with Crippen molar-refractivity contribution in [3.63, 3.8) is 0 Å². The van der Waals surface area contributed by atoms with E-state index >= 15 is 0 Å². The zero-order valence-electron chi connectivity index (χ0n) is 17.7. The summed E-state index contributed by atoms with van der Waals surface area (Å²) in [7, 11) is -0.705. The van der Waals surface area contributed by atoms with Crippen LogP contribution in [-0.4, -0.2) is 55.5 Å². The third-order valence-electron chi connectivity index (χ3n) is 5.20. The second-order valence-corrected chi connectivity index (χ2v) is 9.40. The Bertz CT molecular complexity index is 1000. The number of carbonyl (C=O) groups is 1. The molecule has 0 unspecified atom stereocenters. The lowest BCUT2D eigenvalue weighted by molar-refractivity contribution is -0.120. The molecule has 1 aliphatic heterocycles. The minimum Gasteiger partial charge on any atom is -0.497 e. The van der Waals surface area contributed by atoms with Gasteiger partial charge in [-0.1, -0.05) is 0 Å². The molecule has 9 nitrogen and oxygen atoms in total. The topological polar surface area (TPSA) is 103 Å². The highest BCUT2D eigenvalue weighted by Gasteiger charge is 2.34. The van der Waals surface area contributed by atoms with Crippen molar-refractivity contribution in [1.82, 2.24) is 13.9 Å². The van der Waals surface area contributed by atoms with Crippen molar-refractivity contribution in [2.75, 3.05) is 32.6 Å². The van der Waals surface area contributed by atoms with Gasteiger partial charge in [-0.05, 0) is 38.8 Å². The van der Waals surface area contributed by atoms with E-state index in [1.165, 1.54) is 31.0 Å². The zero-order chi connectivity index (χ0) is 21.9. The monoisotopic (exact) mass is 436 g/mol. The number of imidazole rings is 1. The van der Waals surface area contributed by atoms with Crippen molar-refractivity contribution in [3.05, 3.63) is 30.7 Å². The largest absolute Gasteiger partial charge is 0.497 e. The molecule has 10 heteroatoms. The molecule has 1 aliphatic rings. The summed E-state index contributed by atoms with van der Waals surface area (Å²) in [6, 6.07) is 5.22. The van der Waals surface area contributed by atoms with Crippen LogP contribution in [0, 0.1) is 5.92 Å². The minimum absolute atomic E-state index is 0.00623. The van der Waals surface area contributed by atoms with Gasteiger partial charge in [0, 0.05) is 31.4 Å². The van der Waals surface area contributed by atoms with Crippen LogP contribution in [0.2, 0.25) is 0 Å². The van der Waals surface area contributed by atoms with Crippen LogP contribution in [0.3, 0.4) is 0 Å². The van der Waals surface area contributed by atoms with Crippen molar-refractivity contribution in [2.45, 2.75) is 37.8 Å². The van der Waals surface area contributed by atoms with Gasteiger partial charge in [-0.15, -0.1) is 0 Å². The predicted molar refractivity (Wildman–Crippen MR) is 112 cm³/mol. The Balaban J connectivity index is 1.75. The molecule has 1 fully saturated rings. The number of hydrogen-bond donors (Lipinski definition) is 1. The van der Waals surface area contributed by atoms with Crippen LogP contribution in [0.15, 0.2) is 35.7 Å². The number of hydrogen-bond acceptors (Lipinski definition) is 6. The van der Waals surface area contributed by atoms with Crippen LogP contribution in [0.4, 0.5) is 5.69 Å². The lowest BCUT2D eigenvalue weighted by atomic mass is 9.98. The maximum Gasteiger partial charge on any atom is 0.262 e. The number of piperidine rings is 1. The van der Waals surface area contributed by atoms with Crippen LogP contribution in [0.1, 0.15) is 32.7 Å². The summed E-state index contributed by atoms with van der Waals surface area (Å²) in [5.74, 6) is 0.356. The molecule has 0 aliphatic carbocycles. The quantitative estimate of drug-likeness (QED) is 0.715. The molecule has 1 amide bonds. The first-order valence-electron chi connectivity index (χ1n) is 9.82. The Labute approximate surface area is 177 Å². The van der Waals surface area contributed by atoms with Gasteiger partial charge in [-0.25, -0.2) is 13.4 Å². The Morgan fingerprint density at radius 3 is 2.67 bits per heavy atom. The Hall–Kier alpha value is -2.59. The average molecular weight is 437 g/mol. The number of carbonyl (C=O) groups excluding carboxylic acids is 1. The predicted octanol–water partition coefficient (Wildman–Crippen LogP) is 2.52. The van der Waals surface area contributed by atoms with E-state index < -0.39 is 15.9 Å². The number of nitrogens with zero attached hydrogens (tertiary/aromatic N) is 3. The average Bonchev–Trinajstić information content (AvgIpc) is 3.25. The van der Waals surface area contributed by atoms with Gasteiger partial charge >= 0.3 is 0 Å². The summed E-state index contributed by atoms with van der Waals surface area (Å²) in [6.07, 6.45) is 4.24. The van der Waals surface area contributed by atoms with Crippen LogP contribution in [0.25, 0.3) is 0 Å². The normalized spacial score (nSPS) is 17.7. The van der Waals surface area contributed by atoms with Gasteiger partial charge in [0.15, 0.2) is 5.03 Å². The highest BCUT2D eigenvalue weighted by Crippen LogP contribution is 2.30. The molecule has 1 aromatic carbocycles. The third-order valence-corrected chi connectivity index (χ3v) is 6.95. The number of sulfonamides is 1. The van der Waals surface area contributed by atoms with Crippen molar-refractivity contribution in [3.8, 4) is 11.5 Å². The van der Waals surface area contributed by atoms with E-state index in [9.17, 15) is 13.2 Å². The number of aromatic nitrogens is 2. The molecule has 2 aromatic rings. The standard InChI is InChI=1S/C20H28N4O5S/c1-14(2)23-12-19(21-13-23)30(26,27)24-9-5-6-15(11-24)20(25)22-17-10-16(28-3)7-8-18(17)29-4/h7-8,10,12-15H,5-6,9,11H2,1-4H3,(H,22,25)/t15-/m0/s1. The summed E-state index contributed by atoms with van der Waals surface area (Å²) in [5, 5.41) is 2.86. The third kappa shape index (κ3) is 4.59. The molecule has 1 saturated heterocycles. The van der Waals surface area contributed by atoms with E-state index in [2.05, 4.69) is 10.3 Å². The van der Waals surface area contributed by atoms with Gasteiger partial charge in [0.05, 0.1) is 32.2 Å². The van der Waals surface area contributed by atoms with E-state index in [-0.39, 0.29) is 23.5 Å². The Morgan fingerprint density at radius 2 is 2.03 bits per heavy atom. The molecular formula is C20H28N4O5S. The Kier molecular flexibility index (Phi) is 6.67. The van der Waals surface area contributed by atoms with Gasteiger partial charge in [-0.2, -0.15) is 4.31 Å². The maximum atomic E-state index is 13.0. The van der Waals surface area contributed by atoms with Crippen molar-refractivity contribution in [2.24, 2.45) is 5.92 Å². The first kappa shape index (κ1) is 22.1. The van der Waals surface area contributed by atoms with E-state index in [1.807, 2.05) is 13.8 Å². The molecule has 0 radical (unpaired) electrons. The SMILES string of the molecule is COc1ccc(OC)c(NC(=O)[C@H]2CCCN(S(=O)(=O)c3cn(C(C)C)cn3)C2)c1. The molecular weight excluding hydrogens is 408 g/mol. The van der Waals surface area contributed by atoms with Gasteiger partial charge in [0.25, 0.3) is 10.0 Å². The van der Waals surface area contributed by atoms with E-state index in [0.29, 0.717) is 36.6 Å². The summed E-state index contributed by atoms with van der Waals surface area (Å²) in [5.41, 5.74) is 0.484. The number of rotatable bonds is 7. The van der Waals surface area contributed by atoms with Gasteiger partial charge < -0.3 is 19.4 Å². The molecule has 0 bridgehead atoms. The lowest BCUT2D eigenvalue weighted by Gasteiger charge is -2.30. The lowest BCUT2D eigenvalue weighted by Crippen LogP contribution is -2.43. The molecule has 1 aromatic heterocycles. The zero-order valence-corrected chi connectivity index (χ0v) is 18.5. The highest BCUT2D eigenvalue weighted by molar-refractivity contribution is 7.89. The van der Waals surface area contributed by atoms with Gasteiger partial charge in [0.1, 0.15) is 11.5 Å². The smallest absolute Gasteiger partial charge is 0.262 e. The molecule has 2 heterocycles. The number of methoxy groups -OCH3 is 2. The van der Waals surface area contributed by atoms with Gasteiger partial charge in [0.2, 0.25) is 5.91 Å². The molecule has 0 spiro atoms. The van der Waals surface area contributed by atoms with E-state index in [4.69, 9.17) is 9.47 Å².